The van der Waals surface area contributed by atoms with Gasteiger partial charge in [0, 0.05) is 6.04 Å². The molecule has 1 nitrogen and oxygen atoms in total. The highest BCUT2D eigenvalue weighted by Crippen LogP contribution is 2.30. The highest BCUT2D eigenvalue weighted by molar-refractivity contribution is 5.55. The first-order valence-electron chi connectivity index (χ1n) is 7.87. The normalized spacial score (nSPS) is 14.3. The van der Waals surface area contributed by atoms with Gasteiger partial charge in [0.1, 0.15) is 0 Å². The molecule has 0 heterocycles. The minimum absolute atomic E-state index is 0.0242. The maximum atomic E-state index is 6.00. The van der Waals surface area contributed by atoms with E-state index in [2.05, 4.69) is 58.4 Å². The molecule has 1 aliphatic carbocycles. The molecule has 22 heavy (non-hydrogen) atoms. The molecule has 0 spiro atoms. The monoisotopic (exact) mass is 295 g/mol. The van der Waals surface area contributed by atoms with Gasteiger partial charge in [-0.1, -0.05) is 45.7 Å². The van der Waals surface area contributed by atoms with Gasteiger partial charge in [0.05, 0.1) is 0 Å². The third-order valence-corrected chi connectivity index (χ3v) is 4.18. The van der Waals surface area contributed by atoms with Crippen LogP contribution in [0, 0.1) is 5.92 Å². The van der Waals surface area contributed by atoms with Crippen LogP contribution in [0.1, 0.15) is 40.5 Å². The van der Waals surface area contributed by atoms with Crippen LogP contribution < -0.4 is 5.73 Å². The van der Waals surface area contributed by atoms with E-state index in [1.54, 1.807) is 0 Å². The van der Waals surface area contributed by atoms with E-state index in [9.17, 15) is 0 Å². The van der Waals surface area contributed by atoms with Crippen LogP contribution in [-0.2, 0) is 0 Å². The van der Waals surface area contributed by atoms with E-state index in [0.29, 0.717) is 5.92 Å². The Bertz CT molecular complexity index is 602. The second kappa shape index (κ2) is 7.98. The SMILES string of the molecule is C=C(CCC(=C)C1=CC=C1C)C(=C)C(C)=C=CC(N)C(C)C. The average Bonchev–Trinajstić information content (AvgIpc) is 2.47. The fourth-order valence-electron chi connectivity index (χ4n) is 2.08. The van der Waals surface area contributed by atoms with E-state index in [0.717, 1.165) is 29.6 Å². The van der Waals surface area contributed by atoms with Crippen LogP contribution in [0.2, 0.25) is 0 Å². The minimum atomic E-state index is 0.0242. The van der Waals surface area contributed by atoms with E-state index < -0.39 is 0 Å². The molecule has 1 aliphatic rings. The largest absolute Gasteiger partial charge is 0.324 e. The van der Waals surface area contributed by atoms with Crippen molar-refractivity contribution >= 4 is 0 Å². The summed E-state index contributed by atoms with van der Waals surface area (Å²) in [7, 11) is 0. The molecule has 1 heteroatoms. The molecule has 0 aromatic heterocycles. The Morgan fingerprint density at radius 1 is 1.23 bits per heavy atom. The third kappa shape index (κ3) is 4.87. The number of nitrogens with two attached hydrogens (primary N) is 1. The van der Waals surface area contributed by atoms with Crippen molar-refractivity contribution in [3.05, 3.63) is 77.1 Å². The van der Waals surface area contributed by atoms with Gasteiger partial charge in [0.25, 0.3) is 0 Å². The van der Waals surface area contributed by atoms with Crippen molar-refractivity contribution in [3.8, 4) is 0 Å². The Morgan fingerprint density at radius 3 is 2.32 bits per heavy atom. The van der Waals surface area contributed by atoms with Gasteiger partial charge in [0.15, 0.2) is 0 Å². The maximum Gasteiger partial charge on any atom is 0.0322 e. The molecule has 0 aromatic rings. The Hall–Kier alpha value is -1.82. The number of allylic oxidation sites excluding steroid dienone is 7. The lowest BCUT2D eigenvalue weighted by atomic mass is 9.88. The summed E-state index contributed by atoms with van der Waals surface area (Å²) >= 11 is 0. The first-order chi connectivity index (χ1) is 10.2. The predicted octanol–water partition coefficient (Wildman–Crippen LogP) is 5.41. The molecule has 0 saturated carbocycles. The molecule has 1 rings (SSSR count). The summed E-state index contributed by atoms with van der Waals surface area (Å²) in [6.45, 7) is 20.8. The summed E-state index contributed by atoms with van der Waals surface area (Å²) in [5, 5.41) is 0. The molecule has 0 aliphatic heterocycles. The molecule has 0 bridgehead atoms. The standard InChI is InChI=1S/C21H29N/c1-14(2)21(22)13-11-16(4)19(7)15(3)8-9-17(5)20-12-10-18(20)6/h10,12-14,21H,3,5,7-9,22H2,1-2,4,6H3. The fraction of sp³-hybridized carbons (Fsp3) is 0.381. The van der Waals surface area contributed by atoms with Gasteiger partial charge in [-0.05, 0) is 72.1 Å². The summed E-state index contributed by atoms with van der Waals surface area (Å²) in [5.41, 5.74) is 16.0. The quantitative estimate of drug-likeness (QED) is 0.470. The first kappa shape index (κ1) is 18.2. The van der Waals surface area contributed by atoms with E-state index in [-0.39, 0.29) is 6.04 Å². The molecule has 0 amide bonds. The molecular weight excluding hydrogens is 266 g/mol. The molecule has 0 saturated heterocycles. The number of rotatable bonds is 8. The first-order valence-corrected chi connectivity index (χ1v) is 7.87. The van der Waals surface area contributed by atoms with E-state index in [1.165, 1.54) is 16.7 Å². The average molecular weight is 295 g/mol. The zero-order chi connectivity index (χ0) is 16.9. The molecular formula is C21H29N. The maximum absolute atomic E-state index is 6.00. The zero-order valence-corrected chi connectivity index (χ0v) is 14.5. The topological polar surface area (TPSA) is 26.0 Å². The molecule has 1 atom stereocenters. The van der Waals surface area contributed by atoms with Crippen molar-refractivity contribution in [2.75, 3.05) is 0 Å². The molecule has 118 valence electrons. The van der Waals surface area contributed by atoms with Crippen molar-refractivity contribution in [3.63, 3.8) is 0 Å². The van der Waals surface area contributed by atoms with Crippen LogP contribution >= 0.6 is 0 Å². The summed E-state index contributed by atoms with van der Waals surface area (Å²) in [4.78, 5) is 0. The van der Waals surface area contributed by atoms with Gasteiger partial charge in [-0.2, -0.15) is 0 Å². The fourth-order valence-corrected chi connectivity index (χ4v) is 2.08. The second-order valence-electron chi connectivity index (χ2n) is 6.37. The lowest BCUT2D eigenvalue weighted by molar-refractivity contribution is 0.571. The molecule has 0 fully saturated rings. The van der Waals surface area contributed by atoms with Gasteiger partial charge in [-0.3, -0.25) is 0 Å². The molecule has 0 aromatic carbocycles. The van der Waals surface area contributed by atoms with E-state index in [1.807, 2.05) is 13.0 Å². The van der Waals surface area contributed by atoms with Crippen LogP contribution in [0.3, 0.4) is 0 Å². The van der Waals surface area contributed by atoms with Gasteiger partial charge in [0.2, 0.25) is 0 Å². The summed E-state index contributed by atoms with van der Waals surface area (Å²) in [6, 6.07) is 0.0242. The van der Waals surface area contributed by atoms with Crippen LogP contribution in [0.5, 0.6) is 0 Å². The van der Waals surface area contributed by atoms with Crippen molar-refractivity contribution in [1.82, 2.24) is 0 Å². The Labute approximate surface area is 136 Å². The summed E-state index contributed by atoms with van der Waals surface area (Å²) in [6.07, 6.45) is 7.94. The van der Waals surface area contributed by atoms with Crippen molar-refractivity contribution < 1.29 is 0 Å². The minimum Gasteiger partial charge on any atom is -0.324 e. The predicted molar refractivity (Wildman–Crippen MR) is 98.6 cm³/mol. The molecule has 1 unspecified atom stereocenters. The van der Waals surface area contributed by atoms with Crippen LogP contribution in [0.4, 0.5) is 0 Å². The van der Waals surface area contributed by atoms with Crippen LogP contribution in [0.15, 0.2) is 77.1 Å². The highest BCUT2D eigenvalue weighted by atomic mass is 14.6. The van der Waals surface area contributed by atoms with Crippen molar-refractivity contribution in [2.24, 2.45) is 11.7 Å². The Kier molecular flexibility index (Phi) is 6.61. The van der Waals surface area contributed by atoms with Gasteiger partial charge < -0.3 is 5.73 Å². The van der Waals surface area contributed by atoms with Crippen LogP contribution in [-0.4, -0.2) is 6.04 Å². The number of hydrogen-bond acceptors (Lipinski definition) is 1. The van der Waals surface area contributed by atoms with Gasteiger partial charge in [-0.15, -0.1) is 5.73 Å². The third-order valence-electron chi connectivity index (χ3n) is 4.18. The highest BCUT2D eigenvalue weighted by Gasteiger charge is 2.11. The van der Waals surface area contributed by atoms with E-state index in [4.69, 9.17) is 5.73 Å². The van der Waals surface area contributed by atoms with E-state index >= 15 is 0 Å². The number of hydrogen-bond donors (Lipinski definition) is 1. The molecule has 2 N–H and O–H groups in total. The van der Waals surface area contributed by atoms with Gasteiger partial charge >= 0.3 is 0 Å². The lowest BCUT2D eigenvalue weighted by Crippen LogP contribution is -2.23. The van der Waals surface area contributed by atoms with Gasteiger partial charge in [-0.25, -0.2) is 0 Å². The second-order valence-corrected chi connectivity index (χ2v) is 6.37. The lowest BCUT2D eigenvalue weighted by Gasteiger charge is -2.17. The van der Waals surface area contributed by atoms with Crippen LogP contribution in [0.25, 0.3) is 0 Å². The summed E-state index contributed by atoms with van der Waals surface area (Å²) in [5.74, 6) is 0.409. The van der Waals surface area contributed by atoms with Crippen molar-refractivity contribution in [1.29, 1.82) is 0 Å². The molecule has 0 radical (unpaired) electrons. The zero-order valence-electron chi connectivity index (χ0n) is 14.5. The smallest absolute Gasteiger partial charge is 0.0322 e. The Morgan fingerprint density at radius 2 is 1.86 bits per heavy atom. The van der Waals surface area contributed by atoms with Crippen molar-refractivity contribution in [2.45, 2.75) is 46.6 Å². The Balaban J connectivity index is 2.56. The summed E-state index contributed by atoms with van der Waals surface area (Å²) < 4.78 is 0.